The Morgan fingerprint density at radius 2 is 2.12 bits per heavy atom. The minimum absolute atomic E-state index is 0.306. The summed E-state index contributed by atoms with van der Waals surface area (Å²) >= 11 is 0. The predicted molar refractivity (Wildman–Crippen MR) is 70.1 cm³/mol. The van der Waals surface area contributed by atoms with Crippen LogP contribution in [0.1, 0.15) is 25.8 Å². The fourth-order valence-corrected chi connectivity index (χ4v) is 2.37. The SMILES string of the molecule is CCN(C)CCC1(C)CNc2ccccc21. The zero-order chi connectivity index (χ0) is 11.6. The van der Waals surface area contributed by atoms with Crippen LogP contribution in [0.3, 0.4) is 0 Å². The quantitative estimate of drug-likeness (QED) is 0.836. The molecule has 0 fully saturated rings. The third-order valence-corrected chi connectivity index (χ3v) is 3.83. The van der Waals surface area contributed by atoms with Crippen LogP contribution >= 0.6 is 0 Å². The highest BCUT2D eigenvalue weighted by Gasteiger charge is 2.33. The van der Waals surface area contributed by atoms with Gasteiger partial charge >= 0.3 is 0 Å². The van der Waals surface area contributed by atoms with Crippen molar-refractivity contribution in [2.45, 2.75) is 25.7 Å². The van der Waals surface area contributed by atoms with Gasteiger partial charge in [-0.25, -0.2) is 0 Å². The van der Waals surface area contributed by atoms with Crippen LogP contribution in [-0.4, -0.2) is 31.6 Å². The van der Waals surface area contributed by atoms with Crippen LogP contribution in [0, 0.1) is 0 Å². The van der Waals surface area contributed by atoms with Crippen LogP contribution in [0.15, 0.2) is 24.3 Å². The molecule has 1 aromatic carbocycles. The average Bonchev–Trinajstić information content (AvgIpc) is 2.66. The van der Waals surface area contributed by atoms with E-state index in [1.807, 2.05) is 0 Å². The molecule has 0 amide bonds. The third kappa shape index (κ3) is 2.07. The van der Waals surface area contributed by atoms with Gasteiger partial charge in [0, 0.05) is 17.6 Å². The van der Waals surface area contributed by atoms with E-state index >= 15 is 0 Å². The molecule has 1 atom stereocenters. The maximum absolute atomic E-state index is 3.51. The lowest BCUT2D eigenvalue weighted by Gasteiger charge is -2.26. The van der Waals surface area contributed by atoms with Gasteiger partial charge in [0.1, 0.15) is 0 Å². The fraction of sp³-hybridized carbons (Fsp3) is 0.571. The molecule has 1 aromatic rings. The van der Waals surface area contributed by atoms with Crippen molar-refractivity contribution in [1.29, 1.82) is 0 Å². The van der Waals surface area contributed by atoms with Crippen LogP contribution < -0.4 is 5.32 Å². The number of rotatable bonds is 4. The van der Waals surface area contributed by atoms with Crippen LogP contribution in [0.5, 0.6) is 0 Å². The number of benzene rings is 1. The third-order valence-electron chi connectivity index (χ3n) is 3.83. The normalized spacial score (nSPS) is 23.2. The minimum Gasteiger partial charge on any atom is -0.384 e. The van der Waals surface area contributed by atoms with Crippen molar-refractivity contribution in [2.75, 3.05) is 32.0 Å². The molecule has 0 bridgehead atoms. The molecule has 16 heavy (non-hydrogen) atoms. The summed E-state index contributed by atoms with van der Waals surface area (Å²) in [7, 11) is 2.19. The Morgan fingerprint density at radius 1 is 1.38 bits per heavy atom. The molecule has 2 rings (SSSR count). The number of anilines is 1. The fourth-order valence-electron chi connectivity index (χ4n) is 2.37. The van der Waals surface area contributed by atoms with E-state index in [1.54, 1.807) is 0 Å². The Morgan fingerprint density at radius 3 is 2.88 bits per heavy atom. The summed E-state index contributed by atoms with van der Waals surface area (Å²) in [5, 5.41) is 3.51. The highest BCUT2D eigenvalue weighted by Crippen LogP contribution is 2.38. The van der Waals surface area contributed by atoms with Gasteiger partial charge in [-0.3, -0.25) is 0 Å². The molecule has 0 radical (unpaired) electrons. The Labute approximate surface area is 98.7 Å². The Bertz CT molecular complexity index is 362. The lowest BCUT2D eigenvalue weighted by Crippen LogP contribution is -2.30. The second kappa shape index (κ2) is 4.46. The molecule has 0 saturated heterocycles. The Kier molecular flexibility index (Phi) is 3.20. The maximum Gasteiger partial charge on any atom is 0.0379 e. The van der Waals surface area contributed by atoms with Crippen molar-refractivity contribution in [3.8, 4) is 0 Å². The summed E-state index contributed by atoms with van der Waals surface area (Å²) in [6.45, 7) is 7.95. The van der Waals surface area contributed by atoms with E-state index in [1.165, 1.54) is 24.2 Å². The second-order valence-corrected chi connectivity index (χ2v) is 5.11. The highest BCUT2D eigenvalue weighted by atomic mass is 15.1. The maximum atomic E-state index is 3.51. The van der Waals surface area contributed by atoms with E-state index in [4.69, 9.17) is 0 Å². The molecular weight excluding hydrogens is 196 g/mol. The molecule has 1 aliphatic heterocycles. The number of nitrogens with one attached hydrogen (secondary N) is 1. The van der Waals surface area contributed by atoms with Crippen LogP contribution in [0.4, 0.5) is 5.69 Å². The lowest BCUT2D eigenvalue weighted by molar-refractivity contribution is 0.307. The summed E-state index contributed by atoms with van der Waals surface area (Å²) in [5.74, 6) is 0. The zero-order valence-electron chi connectivity index (χ0n) is 10.6. The molecule has 0 aliphatic carbocycles. The summed E-state index contributed by atoms with van der Waals surface area (Å²) in [6.07, 6.45) is 1.22. The van der Waals surface area contributed by atoms with Gasteiger partial charge in [0.25, 0.3) is 0 Å². The predicted octanol–water partition coefficient (Wildman–Crippen LogP) is 2.71. The van der Waals surface area contributed by atoms with Gasteiger partial charge in [0.2, 0.25) is 0 Å². The van der Waals surface area contributed by atoms with Crippen LogP contribution in [-0.2, 0) is 5.41 Å². The van der Waals surface area contributed by atoms with Crippen molar-refractivity contribution in [3.63, 3.8) is 0 Å². The summed E-state index contributed by atoms with van der Waals surface area (Å²) in [4.78, 5) is 2.38. The monoisotopic (exact) mass is 218 g/mol. The molecule has 1 N–H and O–H groups in total. The van der Waals surface area contributed by atoms with E-state index in [0.717, 1.165) is 13.1 Å². The van der Waals surface area contributed by atoms with E-state index in [0.29, 0.717) is 5.41 Å². The van der Waals surface area contributed by atoms with E-state index in [2.05, 4.69) is 55.4 Å². The first-order chi connectivity index (χ1) is 7.65. The van der Waals surface area contributed by atoms with Gasteiger partial charge in [-0.15, -0.1) is 0 Å². The van der Waals surface area contributed by atoms with Crippen molar-refractivity contribution in [2.24, 2.45) is 0 Å². The Hall–Kier alpha value is -1.02. The molecule has 88 valence electrons. The molecule has 1 heterocycles. The second-order valence-electron chi connectivity index (χ2n) is 5.11. The van der Waals surface area contributed by atoms with Gasteiger partial charge in [-0.2, -0.15) is 0 Å². The average molecular weight is 218 g/mol. The largest absolute Gasteiger partial charge is 0.384 e. The smallest absolute Gasteiger partial charge is 0.0379 e. The molecule has 1 aliphatic rings. The summed E-state index contributed by atoms with van der Waals surface area (Å²) < 4.78 is 0. The lowest BCUT2D eigenvalue weighted by atomic mass is 9.81. The van der Waals surface area contributed by atoms with Crippen molar-refractivity contribution < 1.29 is 0 Å². The number of para-hydroxylation sites is 1. The van der Waals surface area contributed by atoms with Gasteiger partial charge in [-0.05, 0) is 38.2 Å². The van der Waals surface area contributed by atoms with E-state index in [9.17, 15) is 0 Å². The molecule has 2 nitrogen and oxygen atoms in total. The first-order valence-electron chi connectivity index (χ1n) is 6.17. The molecule has 0 spiro atoms. The van der Waals surface area contributed by atoms with Crippen LogP contribution in [0.2, 0.25) is 0 Å². The molecular formula is C14H22N2. The molecule has 0 saturated carbocycles. The highest BCUT2D eigenvalue weighted by molar-refractivity contribution is 5.59. The number of hydrogen-bond acceptors (Lipinski definition) is 2. The van der Waals surface area contributed by atoms with Crippen LogP contribution in [0.25, 0.3) is 0 Å². The number of fused-ring (bicyclic) bond motifs is 1. The van der Waals surface area contributed by atoms with Gasteiger partial charge in [-0.1, -0.05) is 32.0 Å². The molecule has 1 unspecified atom stereocenters. The summed E-state index contributed by atoms with van der Waals surface area (Å²) in [5.41, 5.74) is 3.11. The molecule has 0 aromatic heterocycles. The van der Waals surface area contributed by atoms with Gasteiger partial charge < -0.3 is 10.2 Å². The van der Waals surface area contributed by atoms with E-state index < -0.39 is 0 Å². The Balaban J connectivity index is 2.10. The first kappa shape index (κ1) is 11.5. The summed E-state index contributed by atoms with van der Waals surface area (Å²) in [6, 6.07) is 8.70. The minimum atomic E-state index is 0.306. The zero-order valence-corrected chi connectivity index (χ0v) is 10.6. The standard InChI is InChI=1S/C14H22N2/c1-4-16(3)10-9-14(2)11-15-13-8-6-5-7-12(13)14/h5-8,15H,4,9-11H2,1-3H3. The van der Waals surface area contributed by atoms with Crippen molar-refractivity contribution >= 4 is 5.69 Å². The number of nitrogens with zero attached hydrogens (tertiary/aromatic N) is 1. The number of hydrogen-bond donors (Lipinski definition) is 1. The van der Waals surface area contributed by atoms with E-state index in [-0.39, 0.29) is 0 Å². The van der Waals surface area contributed by atoms with Crippen molar-refractivity contribution in [1.82, 2.24) is 4.90 Å². The molecule has 2 heteroatoms. The van der Waals surface area contributed by atoms with Gasteiger partial charge in [0.15, 0.2) is 0 Å². The topological polar surface area (TPSA) is 15.3 Å². The van der Waals surface area contributed by atoms with Gasteiger partial charge in [0.05, 0.1) is 0 Å². The van der Waals surface area contributed by atoms with Crippen molar-refractivity contribution in [3.05, 3.63) is 29.8 Å². The first-order valence-corrected chi connectivity index (χ1v) is 6.17.